The van der Waals surface area contributed by atoms with Gasteiger partial charge in [-0.25, -0.2) is 4.98 Å². The molecule has 1 aliphatic rings. The molecule has 20 heavy (non-hydrogen) atoms. The molecule has 1 atom stereocenters. The smallest absolute Gasteiger partial charge is 0.327 e. The third kappa shape index (κ3) is 3.35. The third-order valence-corrected chi connectivity index (χ3v) is 4.46. The van der Waals surface area contributed by atoms with Gasteiger partial charge in [0.2, 0.25) is 0 Å². The number of nitrogens with one attached hydrogen (secondary N) is 1. The highest BCUT2D eigenvalue weighted by molar-refractivity contribution is 7.99. The Morgan fingerprint density at radius 3 is 2.85 bits per heavy atom. The molecule has 1 heterocycles. The second-order valence-corrected chi connectivity index (χ2v) is 5.97. The molecule has 2 rings (SSSR count). The van der Waals surface area contributed by atoms with Gasteiger partial charge in [0.25, 0.3) is 5.22 Å². The molecule has 1 aliphatic carbocycles. The van der Waals surface area contributed by atoms with Gasteiger partial charge in [-0.3, -0.25) is 4.79 Å². The van der Waals surface area contributed by atoms with Crippen LogP contribution >= 0.6 is 11.8 Å². The van der Waals surface area contributed by atoms with Gasteiger partial charge >= 0.3 is 5.97 Å². The van der Waals surface area contributed by atoms with Gasteiger partial charge in [0.05, 0.1) is 12.3 Å². The molecule has 112 valence electrons. The standard InChI is InChI=1S/C14H22N2O3S/c1-4-15-14(11-6-7-11,12(17)18-5-2)9-20-13-16-10(3)8-19-13/h8,11,15H,4-7,9H2,1-3H3. The zero-order chi connectivity index (χ0) is 14.6. The topological polar surface area (TPSA) is 64.4 Å². The SMILES string of the molecule is CCNC(CSc1nc(C)co1)(C(=O)OCC)C1CC1. The highest BCUT2D eigenvalue weighted by Gasteiger charge is 2.51. The average molecular weight is 298 g/mol. The average Bonchev–Trinajstić information content (AvgIpc) is 3.18. The summed E-state index contributed by atoms with van der Waals surface area (Å²) in [7, 11) is 0. The van der Waals surface area contributed by atoms with Crippen LogP contribution in [-0.4, -0.2) is 35.4 Å². The number of ether oxygens (including phenoxy) is 1. The van der Waals surface area contributed by atoms with E-state index >= 15 is 0 Å². The van der Waals surface area contributed by atoms with Crippen molar-refractivity contribution in [1.29, 1.82) is 0 Å². The minimum absolute atomic E-state index is 0.153. The van der Waals surface area contributed by atoms with E-state index in [9.17, 15) is 4.79 Å². The van der Waals surface area contributed by atoms with Crippen LogP contribution in [0.1, 0.15) is 32.4 Å². The number of carbonyl (C=O) groups excluding carboxylic acids is 1. The van der Waals surface area contributed by atoms with Gasteiger partial charge < -0.3 is 14.5 Å². The molecule has 1 aromatic heterocycles. The van der Waals surface area contributed by atoms with Crippen LogP contribution in [0, 0.1) is 12.8 Å². The predicted molar refractivity (Wildman–Crippen MR) is 77.7 cm³/mol. The first-order chi connectivity index (χ1) is 9.62. The number of hydrogen-bond acceptors (Lipinski definition) is 6. The van der Waals surface area contributed by atoms with E-state index in [1.165, 1.54) is 11.8 Å². The summed E-state index contributed by atoms with van der Waals surface area (Å²) in [6, 6.07) is 0. The maximum atomic E-state index is 12.4. The molecule has 1 N–H and O–H groups in total. The van der Waals surface area contributed by atoms with Crippen molar-refractivity contribution in [3.63, 3.8) is 0 Å². The van der Waals surface area contributed by atoms with Crippen LogP contribution in [0.5, 0.6) is 0 Å². The summed E-state index contributed by atoms with van der Waals surface area (Å²) in [4.78, 5) is 16.7. The van der Waals surface area contributed by atoms with Crippen molar-refractivity contribution in [3.8, 4) is 0 Å². The number of likely N-dealkylation sites (N-methyl/N-ethyl adjacent to an activating group) is 1. The number of oxazole rings is 1. The van der Waals surface area contributed by atoms with E-state index in [1.54, 1.807) is 6.26 Å². The van der Waals surface area contributed by atoms with Crippen LogP contribution in [-0.2, 0) is 9.53 Å². The summed E-state index contributed by atoms with van der Waals surface area (Å²) >= 11 is 1.47. The van der Waals surface area contributed by atoms with Gasteiger partial charge in [-0.05, 0) is 39.2 Å². The largest absolute Gasteiger partial charge is 0.465 e. The van der Waals surface area contributed by atoms with Crippen LogP contribution in [0.3, 0.4) is 0 Å². The molecular formula is C14H22N2O3S. The maximum absolute atomic E-state index is 12.4. The molecular weight excluding hydrogens is 276 g/mol. The van der Waals surface area contributed by atoms with Crippen LogP contribution in [0.25, 0.3) is 0 Å². The molecule has 0 aromatic carbocycles. The lowest BCUT2D eigenvalue weighted by Crippen LogP contribution is -2.57. The number of aryl methyl sites for hydroxylation is 1. The molecule has 0 spiro atoms. The van der Waals surface area contributed by atoms with Crippen molar-refractivity contribution in [2.75, 3.05) is 18.9 Å². The molecule has 6 heteroatoms. The first-order valence-electron chi connectivity index (χ1n) is 7.09. The molecule has 1 unspecified atom stereocenters. The van der Waals surface area contributed by atoms with E-state index in [4.69, 9.17) is 9.15 Å². The Bertz CT molecular complexity index is 459. The van der Waals surface area contributed by atoms with E-state index in [1.807, 2.05) is 20.8 Å². The molecule has 0 amide bonds. The minimum atomic E-state index is -0.613. The Kier molecular flexibility index (Phi) is 5.10. The summed E-state index contributed by atoms with van der Waals surface area (Å²) < 4.78 is 10.6. The quantitative estimate of drug-likeness (QED) is 0.587. The van der Waals surface area contributed by atoms with Crippen molar-refractivity contribution >= 4 is 17.7 Å². The van der Waals surface area contributed by atoms with Gasteiger partial charge in [-0.15, -0.1) is 0 Å². The summed E-state index contributed by atoms with van der Waals surface area (Å²) in [6.45, 7) is 6.88. The molecule has 0 aliphatic heterocycles. The fraction of sp³-hybridized carbons (Fsp3) is 0.714. The number of esters is 1. The van der Waals surface area contributed by atoms with Crippen LogP contribution < -0.4 is 5.32 Å². The van der Waals surface area contributed by atoms with Crippen molar-refractivity contribution in [3.05, 3.63) is 12.0 Å². The minimum Gasteiger partial charge on any atom is -0.465 e. The van der Waals surface area contributed by atoms with Crippen LogP contribution in [0.4, 0.5) is 0 Å². The molecule has 1 fully saturated rings. The highest BCUT2D eigenvalue weighted by Crippen LogP contribution is 2.43. The lowest BCUT2D eigenvalue weighted by atomic mass is 9.95. The monoisotopic (exact) mass is 298 g/mol. The summed E-state index contributed by atoms with van der Waals surface area (Å²) in [5.41, 5.74) is 0.238. The Morgan fingerprint density at radius 2 is 2.35 bits per heavy atom. The molecule has 5 nitrogen and oxygen atoms in total. The molecule has 0 bridgehead atoms. The molecule has 1 saturated carbocycles. The summed E-state index contributed by atoms with van der Waals surface area (Å²) in [6.07, 6.45) is 3.76. The number of carbonyl (C=O) groups is 1. The Morgan fingerprint density at radius 1 is 1.60 bits per heavy atom. The van der Waals surface area contributed by atoms with Gasteiger partial charge in [0, 0.05) is 5.75 Å². The number of rotatable bonds is 8. The number of hydrogen-bond donors (Lipinski definition) is 1. The van der Waals surface area contributed by atoms with Crippen molar-refractivity contribution in [2.45, 2.75) is 44.4 Å². The van der Waals surface area contributed by atoms with Crippen molar-refractivity contribution < 1.29 is 13.9 Å². The zero-order valence-corrected chi connectivity index (χ0v) is 13.1. The number of aromatic nitrogens is 1. The van der Waals surface area contributed by atoms with E-state index in [2.05, 4.69) is 10.3 Å². The highest BCUT2D eigenvalue weighted by atomic mass is 32.2. The summed E-state index contributed by atoms with van der Waals surface area (Å²) in [5, 5.41) is 3.96. The molecule has 1 aromatic rings. The first kappa shape index (κ1) is 15.4. The number of nitrogens with zero attached hydrogens (tertiary/aromatic N) is 1. The van der Waals surface area contributed by atoms with E-state index < -0.39 is 5.54 Å². The fourth-order valence-corrected chi connectivity index (χ4v) is 3.47. The molecule has 0 radical (unpaired) electrons. The van der Waals surface area contributed by atoms with Crippen LogP contribution in [0.2, 0.25) is 0 Å². The van der Waals surface area contributed by atoms with Gasteiger partial charge in [-0.2, -0.15) is 0 Å². The van der Waals surface area contributed by atoms with E-state index in [-0.39, 0.29) is 5.97 Å². The lowest BCUT2D eigenvalue weighted by Gasteiger charge is -2.31. The molecule has 0 saturated heterocycles. The Labute approximate surface area is 123 Å². The Balaban J connectivity index is 2.10. The summed E-state index contributed by atoms with van der Waals surface area (Å²) in [5.74, 6) is 0.787. The van der Waals surface area contributed by atoms with E-state index in [0.29, 0.717) is 23.5 Å². The van der Waals surface area contributed by atoms with Crippen molar-refractivity contribution in [1.82, 2.24) is 10.3 Å². The van der Waals surface area contributed by atoms with Gasteiger partial charge in [0.15, 0.2) is 0 Å². The van der Waals surface area contributed by atoms with E-state index in [0.717, 1.165) is 25.1 Å². The third-order valence-electron chi connectivity index (χ3n) is 3.43. The predicted octanol–water partition coefficient (Wildman–Crippen LogP) is 2.40. The van der Waals surface area contributed by atoms with Gasteiger partial charge in [0.1, 0.15) is 11.8 Å². The second-order valence-electron chi connectivity index (χ2n) is 5.04. The van der Waals surface area contributed by atoms with Gasteiger partial charge in [-0.1, -0.05) is 18.7 Å². The second kappa shape index (κ2) is 6.63. The normalized spacial score (nSPS) is 17.8. The van der Waals surface area contributed by atoms with Crippen molar-refractivity contribution in [2.24, 2.45) is 5.92 Å². The maximum Gasteiger partial charge on any atom is 0.327 e. The zero-order valence-electron chi connectivity index (χ0n) is 12.3. The lowest BCUT2D eigenvalue weighted by molar-refractivity contribution is -0.151. The Hall–Kier alpha value is -1.01. The van der Waals surface area contributed by atoms with Crippen LogP contribution in [0.15, 0.2) is 15.9 Å². The fourth-order valence-electron chi connectivity index (χ4n) is 2.34. The number of thioether (sulfide) groups is 1. The first-order valence-corrected chi connectivity index (χ1v) is 8.08.